The molecular formula is C19H29ClN4O3. The number of anilines is 1. The molecule has 0 saturated carbocycles. The minimum absolute atomic E-state index is 0.196. The Balaban J connectivity index is 2.00. The van der Waals surface area contributed by atoms with Crippen LogP contribution in [0.15, 0.2) is 0 Å². The Hall–Kier alpha value is -1.60. The molecule has 3 heterocycles. The molecule has 1 aromatic rings. The Morgan fingerprint density at radius 3 is 2.63 bits per heavy atom. The van der Waals surface area contributed by atoms with Crippen molar-refractivity contribution in [1.82, 2.24) is 14.9 Å². The van der Waals surface area contributed by atoms with E-state index in [2.05, 4.69) is 21.8 Å². The molecule has 150 valence electrons. The first-order valence-corrected chi connectivity index (χ1v) is 9.80. The van der Waals surface area contributed by atoms with E-state index >= 15 is 0 Å². The van der Waals surface area contributed by atoms with Gasteiger partial charge in [-0.05, 0) is 59.6 Å². The van der Waals surface area contributed by atoms with Gasteiger partial charge in [-0.15, -0.1) is 0 Å². The molecule has 8 heteroatoms. The van der Waals surface area contributed by atoms with E-state index in [-0.39, 0.29) is 17.4 Å². The Bertz CT molecular complexity index is 732. The Labute approximate surface area is 166 Å². The summed E-state index contributed by atoms with van der Waals surface area (Å²) in [5.74, 6) is 0.859. The number of hydrogen-bond donors (Lipinski definition) is 0. The lowest BCUT2D eigenvalue weighted by atomic mass is 9.88. The van der Waals surface area contributed by atoms with Crippen molar-refractivity contribution in [3.63, 3.8) is 0 Å². The summed E-state index contributed by atoms with van der Waals surface area (Å²) in [6.45, 7) is 14.3. The zero-order valence-electron chi connectivity index (χ0n) is 17.0. The number of carbonyl (C=O) groups excluding carboxylic acids is 1. The van der Waals surface area contributed by atoms with E-state index in [0.29, 0.717) is 26.2 Å². The van der Waals surface area contributed by atoms with Crippen molar-refractivity contribution < 1.29 is 14.3 Å². The fourth-order valence-electron chi connectivity index (χ4n) is 3.73. The number of hydrogen-bond acceptors (Lipinski definition) is 6. The van der Waals surface area contributed by atoms with Crippen LogP contribution >= 0.6 is 11.6 Å². The smallest absolute Gasteiger partial charge is 0.411 e. The van der Waals surface area contributed by atoms with Crippen LogP contribution in [0, 0.1) is 0 Å². The highest BCUT2D eigenvalue weighted by Gasteiger charge is 2.43. The summed E-state index contributed by atoms with van der Waals surface area (Å²) < 4.78 is 11.2. The lowest BCUT2D eigenvalue weighted by Gasteiger charge is -2.44. The van der Waals surface area contributed by atoms with E-state index < -0.39 is 11.1 Å². The molecule has 27 heavy (non-hydrogen) atoms. The molecule has 1 atom stereocenters. The van der Waals surface area contributed by atoms with E-state index in [1.165, 1.54) is 0 Å². The second-order valence-electron chi connectivity index (χ2n) is 8.70. The van der Waals surface area contributed by atoms with Crippen LogP contribution in [0.25, 0.3) is 0 Å². The molecule has 2 aliphatic rings. The van der Waals surface area contributed by atoms with Crippen LogP contribution in [0.5, 0.6) is 0 Å². The van der Waals surface area contributed by atoms with Crippen LogP contribution in [-0.2, 0) is 21.4 Å². The monoisotopic (exact) mass is 396 g/mol. The first kappa shape index (κ1) is 20.1. The SMILES string of the molecule is CC1COCCN1c1nc(Cl)nc2c1CCN(C(=O)OC(C)(C)C)C2(C)C. The number of ether oxygens (including phenoxy) is 2. The molecular weight excluding hydrogens is 368 g/mol. The summed E-state index contributed by atoms with van der Waals surface area (Å²) in [6, 6.07) is 0.209. The van der Waals surface area contributed by atoms with Gasteiger partial charge in [-0.3, -0.25) is 4.90 Å². The largest absolute Gasteiger partial charge is 0.444 e. The van der Waals surface area contributed by atoms with Gasteiger partial charge in [-0.2, -0.15) is 0 Å². The molecule has 1 amide bonds. The lowest BCUT2D eigenvalue weighted by molar-refractivity contribution is -0.00135. The predicted molar refractivity (Wildman–Crippen MR) is 104 cm³/mol. The maximum atomic E-state index is 12.8. The van der Waals surface area contributed by atoms with Crippen LogP contribution < -0.4 is 4.90 Å². The second kappa shape index (κ2) is 7.09. The quantitative estimate of drug-likeness (QED) is 0.678. The minimum Gasteiger partial charge on any atom is -0.444 e. The predicted octanol–water partition coefficient (Wildman–Crippen LogP) is 3.38. The molecule has 0 aromatic carbocycles. The normalized spacial score (nSPS) is 22.4. The Kier molecular flexibility index (Phi) is 5.29. The fourth-order valence-corrected chi connectivity index (χ4v) is 3.89. The van der Waals surface area contributed by atoms with Gasteiger partial charge in [0, 0.05) is 18.7 Å². The van der Waals surface area contributed by atoms with E-state index in [0.717, 1.165) is 23.6 Å². The number of morpholine rings is 1. The van der Waals surface area contributed by atoms with Gasteiger partial charge < -0.3 is 14.4 Å². The highest BCUT2D eigenvalue weighted by Crippen LogP contribution is 2.39. The second-order valence-corrected chi connectivity index (χ2v) is 9.04. The van der Waals surface area contributed by atoms with E-state index in [9.17, 15) is 4.79 Å². The molecule has 3 rings (SSSR count). The van der Waals surface area contributed by atoms with Crippen LogP contribution in [-0.4, -0.2) is 58.9 Å². The number of nitrogens with zero attached hydrogens (tertiary/aromatic N) is 4. The van der Waals surface area contributed by atoms with Crippen molar-refractivity contribution in [2.24, 2.45) is 0 Å². The summed E-state index contributed by atoms with van der Waals surface area (Å²) in [6.07, 6.45) is 0.323. The van der Waals surface area contributed by atoms with Crippen LogP contribution in [0.2, 0.25) is 5.28 Å². The highest BCUT2D eigenvalue weighted by atomic mass is 35.5. The van der Waals surface area contributed by atoms with Gasteiger partial charge in [0.25, 0.3) is 0 Å². The lowest BCUT2D eigenvalue weighted by Crippen LogP contribution is -2.53. The van der Waals surface area contributed by atoms with Gasteiger partial charge >= 0.3 is 6.09 Å². The number of amides is 1. The van der Waals surface area contributed by atoms with Gasteiger partial charge in [0.2, 0.25) is 5.28 Å². The molecule has 0 radical (unpaired) electrons. The molecule has 1 unspecified atom stereocenters. The Morgan fingerprint density at radius 1 is 1.30 bits per heavy atom. The van der Waals surface area contributed by atoms with E-state index in [1.54, 1.807) is 4.90 Å². The van der Waals surface area contributed by atoms with Crippen molar-refractivity contribution in [2.45, 2.75) is 65.1 Å². The molecule has 0 spiro atoms. The number of aromatic nitrogens is 2. The van der Waals surface area contributed by atoms with Gasteiger partial charge in [0.05, 0.1) is 30.5 Å². The molecule has 2 aliphatic heterocycles. The molecule has 0 N–H and O–H groups in total. The average Bonchev–Trinajstić information content (AvgIpc) is 2.53. The molecule has 1 fully saturated rings. The summed E-state index contributed by atoms with van der Waals surface area (Å²) in [4.78, 5) is 25.8. The molecule has 1 saturated heterocycles. The number of fused-ring (bicyclic) bond motifs is 1. The highest BCUT2D eigenvalue weighted by molar-refractivity contribution is 6.28. The first-order valence-electron chi connectivity index (χ1n) is 9.42. The third-order valence-corrected chi connectivity index (χ3v) is 5.22. The van der Waals surface area contributed by atoms with Gasteiger partial charge in [0.15, 0.2) is 0 Å². The molecule has 0 bridgehead atoms. The maximum absolute atomic E-state index is 12.8. The molecule has 0 aliphatic carbocycles. The summed E-state index contributed by atoms with van der Waals surface area (Å²) in [5.41, 5.74) is 0.643. The maximum Gasteiger partial charge on any atom is 0.411 e. The van der Waals surface area contributed by atoms with Crippen molar-refractivity contribution in [3.8, 4) is 0 Å². The van der Waals surface area contributed by atoms with Crippen LogP contribution in [0.4, 0.5) is 10.6 Å². The number of carbonyl (C=O) groups is 1. The van der Waals surface area contributed by atoms with Crippen molar-refractivity contribution in [1.29, 1.82) is 0 Å². The van der Waals surface area contributed by atoms with Crippen LogP contribution in [0.1, 0.15) is 52.8 Å². The Morgan fingerprint density at radius 2 is 2.00 bits per heavy atom. The molecule has 7 nitrogen and oxygen atoms in total. The summed E-state index contributed by atoms with van der Waals surface area (Å²) in [7, 11) is 0. The van der Waals surface area contributed by atoms with Crippen LogP contribution in [0.3, 0.4) is 0 Å². The van der Waals surface area contributed by atoms with E-state index in [1.807, 2.05) is 34.6 Å². The van der Waals surface area contributed by atoms with Crippen molar-refractivity contribution >= 4 is 23.5 Å². The number of halogens is 1. The van der Waals surface area contributed by atoms with Gasteiger partial charge in [-0.1, -0.05) is 0 Å². The summed E-state index contributed by atoms with van der Waals surface area (Å²) >= 11 is 6.29. The zero-order chi connectivity index (χ0) is 20.0. The fraction of sp³-hybridized carbons (Fsp3) is 0.737. The topological polar surface area (TPSA) is 67.8 Å². The third-order valence-electron chi connectivity index (χ3n) is 5.05. The summed E-state index contributed by atoms with van der Waals surface area (Å²) in [5, 5.41) is 0.196. The average molecular weight is 397 g/mol. The van der Waals surface area contributed by atoms with Gasteiger partial charge in [-0.25, -0.2) is 14.8 Å². The third kappa shape index (κ3) is 3.99. The van der Waals surface area contributed by atoms with Crippen molar-refractivity contribution in [2.75, 3.05) is 31.2 Å². The zero-order valence-corrected chi connectivity index (χ0v) is 17.8. The minimum atomic E-state index is -0.646. The first-order chi connectivity index (χ1) is 12.5. The van der Waals surface area contributed by atoms with Gasteiger partial charge in [0.1, 0.15) is 11.4 Å². The molecule has 1 aromatic heterocycles. The van der Waals surface area contributed by atoms with Crippen molar-refractivity contribution in [3.05, 3.63) is 16.5 Å². The van der Waals surface area contributed by atoms with E-state index in [4.69, 9.17) is 21.1 Å². The number of rotatable bonds is 1. The standard InChI is InChI=1S/C19H29ClN4O3/c1-12-11-26-10-9-23(12)15-13-7-8-24(17(25)27-18(2,3)4)19(5,6)14(13)21-16(20)22-15/h12H,7-11H2,1-6H3.